The van der Waals surface area contributed by atoms with Crippen LogP contribution in [0, 0.1) is 0 Å². The molecule has 1 aliphatic rings. The Morgan fingerprint density at radius 1 is 1.28 bits per heavy atom. The summed E-state index contributed by atoms with van der Waals surface area (Å²) in [5.41, 5.74) is 1.96. The van der Waals surface area contributed by atoms with E-state index in [2.05, 4.69) is 28.8 Å². The molecular formula is C17H25N5O3. The minimum atomic E-state index is -0.909. The maximum absolute atomic E-state index is 12.7. The van der Waals surface area contributed by atoms with Crippen LogP contribution < -0.4 is 0 Å². The monoisotopic (exact) mass is 347 g/mol. The largest absolute Gasteiger partial charge is 0.390 e. The van der Waals surface area contributed by atoms with Crippen LogP contribution in [0.2, 0.25) is 0 Å². The van der Waals surface area contributed by atoms with E-state index in [0.717, 1.165) is 25.2 Å². The van der Waals surface area contributed by atoms with Gasteiger partial charge in [0.25, 0.3) is 5.91 Å². The number of hydrogen-bond acceptors (Lipinski definition) is 6. The van der Waals surface area contributed by atoms with Crippen molar-refractivity contribution in [3.8, 4) is 0 Å². The van der Waals surface area contributed by atoms with Crippen LogP contribution in [0.4, 0.5) is 0 Å². The first-order chi connectivity index (χ1) is 12.0. The standard InChI is InChI=1S/C17H25N5O3/c1-3-20(4-2)9-12-7-18-16-13(8-19-22(16)10-12)17(25)21-6-5-14(23)15(24)11-21/h7-8,10,14-15,23-24H,3-6,9,11H2,1-2H3. The fraction of sp³-hybridized carbons (Fsp3) is 0.588. The Balaban J connectivity index is 1.80. The molecule has 136 valence electrons. The Hall–Kier alpha value is -2.03. The molecule has 0 bridgehead atoms. The molecule has 2 aromatic rings. The maximum atomic E-state index is 12.7. The van der Waals surface area contributed by atoms with Crippen LogP contribution in [0.25, 0.3) is 5.65 Å². The molecule has 8 heteroatoms. The summed E-state index contributed by atoms with van der Waals surface area (Å²) < 4.78 is 1.63. The second-order valence-corrected chi connectivity index (χ2v) is 6.42. The van der Waals surface area contributed by atoms with Crippen molar-refractivity contribution < 1.29 is 15.0 Å². The van der Waals surface area contributed by atoms with E-state index in [1.165, 1.54) is 6.20 Å². The molecule has 1 amide bonds. The first kappa shape index (κ1) is 17.8. The highest BCUT2D eigenvalue weighted by Crippen LogP contribution is 2.17. The van der Waals surface area contributed by atoms with Crippen molar-refractivity contribution >= 4 is 11.6 Å². The molecule has 1 aliphatic heterocycles. The molecular weight excluding hydrogens is 322 g/mol. The zero-order valence-electron chi connectivity index (χ0n) is 14.7. The van der Waals surface area contributed by atoms with E-state index >= 15 is 0 Å². The van der Waals surface area contributed by atoms with Gasteiger partial charge in [-0.05, 0) is 19.5 Å². The van der Waals surface area contributed by atoms with Gasteiger partial charge in [0.1, 0.15) is 5.56 Å². The average molecular weight is 347 g/mol. The molecule has 0 saturated carbocycles. The molecule has 0 aliphatic carbocycles. The molecule has 2 unspecified atom stereocenters. The Morgan fingerprint density at radius 2 is 2.04 bits per heavy atom. The summed E-state index contributed by atoms with van der Waals surface area (Å²) in [7, 11) is 0. The number of likely N-dealkylation sites (tertiary alicyclic amines) is 1. The number of β-amino-alcohol motifs (C(OH)–C–C–N with tert-alkyl or cyclic N) is 1. The highest BCUT2D eigenvalue weighted by atomic mass is 16.3. The quantitative estimate of drug-likeness (QED) is 0.799. The van der Waals surface area contributed by atoms with Gasteiger partial charge >= 0.3 is 0 Å². The molecule has 0 radical (unpaired) electrons. The van der Waals surface area contributed by atoms with Crippen molar-refractivity contribution in [2.24, 2.45) is 0 Å². The van der Waals surface area contributed by atoms with Gasteiger partial charge in [0.2, 0.25) is 0 Å². The average Bonchev–Trinajstić information content (AvgIpc) is 3.04. The second kappa shape index (κ2) is 7.47. The molecule has 8 nitrogen and oxygen atoms in total. The summed E-state index contributed by atoms with van der Waals surface area (Å²) in [5.74, 6) is -0.218. The fourth-order valence-electron chi connectivity index (χ4n) is 3.13. The predicted molar refractivity (Wildman–Crippen MR) is 92.1 cm³/mol. The number of carbonyl (C=O) groups excluding carboxylic acids is 1. The molecule has 1 saturated heterocycles. The number of rotatable bonds is 5. The number of aliphatic hydroxyl groups excluding tert-OH is 2. The van der Waals surface area contributed by atoms with Crippen molar-refractivity contribution in [2.45, 2.75) is 39.0 Å². The number of aromatic nitrogens is 3. The summed E-state index contributed by atoms with van der Waals surface area (Å²) in [6, 6.07) is 0. The maximum Gasteiger partial charge on any atom is 0.259 e. The lowest BCUT2D eigenvalue weighted by molar-refractivity contribution is -0.0321. The number of amides is 1. The molecule has 2 aromatic heterocycles. The summed E-state index contributed by atoms with van der Waals surface area (Å²) in [6.45, 7) is 7.47. The molecule has 3 rings (SSSR count). The van der Waals surface area contributed by atoms with Crippen LogP contribution in [-0.4, -0.2) is 78.9 Å². The predicted octanol–water partition coefficient (Wildman–Crippen LogP) is 0.139. The normalized spacial score (nSPS) is 21.2. The molecule has 25 heavy (non-hydrogen) atoms. The van der Waals surface area contributed by atoms with E-state index in [1.54, 1.807) is 15.6 Å². The van der Waals surface area contributed by atoms with E-state index in [-0.39, 0.29) is 12.5 Å². The van der Waals surface area contributed by atoms with Crippen LogP contribution in [0.1, 0.15) is 36.2 Å². The lowest BCUT2D eigenvalue weighted by atomic mass is 10.0. The summed E-state index contributed by atoms with van der Waals surface area (Å²) in [6.07, 6.45) is 3.88. The Morgan fingerprint density at radius 3 is 2.72 bits per heavy atom. The van der Waals surface area contributed by atoms with E-state index in [4.69, 9.17) is 0 Å². The van der Waals surface area contributed by atoms with Gasteiger partial charge in [0, 0.05) is 37.6 Å². The van der Waals surface area contributed by atoms with Crippen molar-refractivity contribution in [1.29, 1.82) is 0 Å². The number of nitrogens with zero attached hydrogens (tertiary/aromatic N) is 5. The Bertz CT molecular complexity index is 743. The minimum Gasteiger partial charge on any atom is -0.390 e. The van der Waals surface area contributed by atoms with Crippen molar-refractivity contribution in [3.05, 3.63) is 29.7 Å². The zero-order chi connectivity index (χ0) is 18.0. The van der Waals surface area contributed by atoms with Gasteiger partial charge in [-0.1, -0.05) is 13.8 Å². The summed E-state index contributed by atoms with van der Waals surface area (Å²) >= 11 is 0. The topological polar surface area (TPSA) is 94.2 Å². The fourth-order valence-corrected chi connectivity index (χ4v) is 3.13. The third-order valence-corrected chi connectivity index (χ3v) is 4.77. The van der Waals surface area contributed by atoms with E-state index < -0.39 is 12.2 Å². The molecule has 3 heterocycles. The number of fused-ring (bicyclic) bond motifs is 1. The van der Waals surface area contributed by atoms with Crippen molar-refractivity contribution in [3.63, 3.8) is 0 Å². The van der Waals surface area contributed by atoms with Gasteiger partial charge in [0.15, 0.2) is 5.65 Å². The van der Waals surface area contributed by atoms with Crippen LogP contribution in [0.3, 0.4) is 0 Å². The molecule has 0 spiro atoms. The minimum absolute atomic E-state index is 0.122. The zero-order valence-corrected chi connectivity index (χ0v) is 14.7. The summed E-state index contributed by atoms with van der Waals surface area (Å²) in [4.78, 5) is 21.0. The van der Waals surface area contributed by atoms with E-state index in [9.17, 15) is 15.0 Å². The van der Waals surface area contributed by atoms with E-state index in [1.807, 2.05) is 6.20 Å². The van der Waals surface area contributed by atoms with Crippen LogP contribution >= 0.6 is 0 Å². The number of piperidine rings is 1. The smallest absolute Gasteiger partial charge is 0.259 e. The van der Waals surface area contributed by atoms with Gasteiger partial charge in [-0.15, -0.1) is 0 Å². The van der Waals surface area contributed by atoms with Gasteiger partial charge in [0.05, 0.1) is 18.4 Å². The lowest BCUT2D eigenvalue weighted by Crippen LogP contribution is -2.48. The lowest BCUT2D eigenvalue weighted by Gasteiger charge is -2.33. The van der Waals surface area contributed by atoms with Gasteiger partial charge in [-0.3, -0.25) is 9.69 Å². The van der Waals surface area contributed by atoms with Crippen molar-refractivity contribution in [2.75, 3.05) is 26.2 Å². The van der Waals surface area contributed by atoms with Crippen LogP contribution in [0.5, 0.6) is 0 Å². The third-order valence-electron chi connectivity index (χ3n) is 4.77. The van der Waals surface area contributed by atoms with Gasteiger partial charge in [-0.2, -0.15) is 5.10 Å². The van der Waals surface area contributed by atoms with E-state index in [0.29, 0.717) is 24.2 Å². The van der Waals surface area contributed by atoms with Gasteiger partial charge < -0.3 is 15.1 Å². The molecule has 1 fully saturated rings. The summed E-state index contributed by atoms with van der Waals surface area (Å²) in [5, 5.41) is 23.7. The molecule has 2 atom stereocenters. The highest BCUT2D eigenvalue weighted by molar-refractivity contribution is 5.99. The van der Waals surface area contributed by atoms with Crippen LogP contribution in [-0.2, 0) is 6.54 Å². The number of carbonyl (C=O) groups is 1. The first-order valence-corrected chi connectivity index (χ1v) is 8.73. The second-order valence-electron chi connectivity index (χ2n) is 6.42. The SMILES string of the molecule is CCN(CC)Cc1cnc2c(C(=O)N3CCC(O)C(O)C3)cnn2c1. The first-order valence-electron chi connectivity index (χ1n) is 8.73. The Kier molecular flexibility index (Phi) is 5.31. The third kappa shape index (κ3) is 3.65. The Labute approximate surface area is 146 Å². The van der Waals surface area contributed by atoms with Gasteiger partial charge in [-0.25, -0.2) is 9.50 Å². The molecule has 2 N–H and O–H groups in total. The van der Waals surface area contributed by atoms with Crippen LogP contribution in [0.15, 0.2) is 18.6 Å². The number of hydrogen-bond donors (Lipinski definition) is 2. The van der Waals surface area contributed by atoms with Crippen molar-refractivity contribution in [1.82, 2.24) is 24.4 Å². The number of aliphatic hydroxyl groups is 2. The highest BCUT2D eigenvalue weighted by Gasteiger charge is 2.30. The molecule has 0 aromatic carbocycles.